The van der Waals surface area contributed by atoms with Gasteiger partial charge in [0.25, 0.3) is 0 Å². The molecule has 6 heteroatoms. The van der Waals surface area contributed by atoms with Gasteiger partial charge in [0.2, 0.25) is 5.91 Å². The molecule has 0 spiro atoms. The molecule has 0 aromatic carbocycles. The van der Waals surface area contributed by atoms with Crippen molar-refractivity contribution < 1.29 is 24.5 Å². The monoisotopic (exact) mass is 988 g/mol. The van der Waals surface area contributed by atoms with E-state index in [2.05, 4.69) is 19.2 Å². The molecule has 0 saturated carbocycles. The van der Waals surface area contributed by atoms with E-state index in [1.807, 2.05) is 6.08 Å². The van der Waals surface area contributed by atoms with Gasteiger partial charge in [-0.2, -0.15) is 0 Å². The van der Waals surface area contributed by atoms with Gasteiger partial charge >= 0.3 is 5.97 Å². The van der Waals surface area contributed by atoms with Gasteiger partial charge in [-0.25, -0.2) is 0 Å². The van der Waals surface area contributed by atoms with Crippen LogP contribution in [-0.2, 0) is 14.3 Å². The smallest absolute Gasteiger partial charge is 0.305 e. The van der Waals surface area contributed by atoms with E-state index in [-0.39, 0.29) is 18.5 Å². The first-order valence-electron chi connectivity index (χ1n) is 32.0. The minimum Gasteiger partial charge on any atom is -0.466 e. The summed E-state index contributed by atoms with van der Waals surface area (Å²) < 4.78 is 5.48. The van der Waals surface area contributed by atoms with Crippen molar-refractivity contribution in [1.82, 2.24) is 5.32 Å². The summed E-state index contributed by atoms with van der Waals surface area (Å²) in [5.41, 5.74) is 0. The van der Waals surface area contributed by atoms with Crippen LogP contribution in [0, 0.1) is 0 Å². The molecule has 0 radical (unpaired) electrons. The highest BCUT2D eigenvalue weighted by Crippen LogP contribution is 2.18. The van der Waals surface area contributed by atoms with Crippen LogP contribution in [0.4, 0.5) is 0 Å². The number of rotatable bonds is 60. The first-order chi connectivity index (χ1) is 34.5. The number of esters is 1. The lowest BCUT2D eigenvalue weighted by Gasteiger charge is -2.20. The van der Waals surface area contributed by atoms with Crippen molar-refractivity contribution in [2.75, 3.05) is 13.2 Å². The molecule has 70 heavy (non-hydrogen) atoms. The molecule has 2 atom stereocenters. The molecule has 0 bridgehead atoms. The van der Waals surface area contributed by atoms with E-state index in [0.29, 0.717) is 19.4 Å². The van der Waals surface area contributed by atoms with Crippen molar-refractivity contribution in [3.63, 3.8) is 0 Å². The molecule has 0 aliphatic carbocycles. The Morgan fingerprint density at radius 2 is 0.657 bits per heavy atom. The van der Waals surface area contributed by atoms with Crippen LogP contribution in [0.1, 0.15) is 361 Å². The number of carbonyl (C=O) groups excluding carboxylic acids is 2. The lowest BCUT2D eigenvalue weighted by molar-refractivity contribution is -0.143. The Kier molecular flexibility index (Phi) is 59.0. The van der Waals surface area contributed by atoms with Crippen molar-refractivity contribution in [2.45, 2.75) is 373 Å². The SMILES string of the molecule is CCCCCCCCCCCCCCCCCCCCCCCCC/C=C/C(O)C(CO)NC(=O)CCCCCCCCCCCCOC(=O)CCCCCCCCCCCCCCCCCCCC. The van der Waals surface area contributed by atoms with Crippen LogP contribution in [0.3, 0.4) is 0 Å². The third-order valence-electron chi connectivity index (χ3n) is 15.1. The van der Waals surface area contributed by atoms with E-state index in [9.17, 15) is 19.8 Å². The minimum absolute atomic E-state index is 0.0150. The van der Waals surface area contributed by atoms with Gasteiger partial charge in [-0.05, 0) is 32.1 Å². The summed E-state index contributed by atoms with van der Waals surface area (Å²) in [5, 5.41) is 23.2. The van der Waals surface area contributed by atoms with Crippen molar-refractivity contribution in [1.29, 1.82) is 0 Å². The van der Waals surface area contributed by atoms with Gasteiger partial charge in [0.15, 0.2) is 0 Å². The molecule has 3 N–H and O–H groups in total. The molecule has 0 aliphatic heterocycles. The van der Waals surface area contributed by atoms with E-state index in [4.69, 9.17) is 4.74 Å². The predicted octanol–water partition coefficient (Wildman–Crippen LogP) is 20.0. The van der Waals surface area contributed by atoms with Crippen molar-refractivity contribution in [3.05, 3.63) is 12.2 Å². The molecule has 0 rings (SSSR count). The molecular formula is C64H125NO5. The predicted molar refractivity (Wildman–Crippen MR) is 306 cm³/mol. The summed E-state index contributed by atoms with van der Waals surface area (Å²) in [6.07, 6.45) is 72.5. The Morgan fingerprint density at radius 1 is 0.386 bits per heavy atom. The Hall–Kier alpha value is -1.40. The van der Waals surface area contributed by atoms with E-state index < -0.39 is 12.1 Å². The Morgan fingerprint density at radius 3 is 0.971 bits per heavy atom. The minimum atomic E-state index is -0.860. The van der Waals surface area contributed by atoms with Crippen LogP contribution in [0.2, 0.25) is 0 Å². The molecule has 0 heterocycles. The molecule has 0 fully saturated rings. The second-order valence-electron chi connectivity index (χ2n) is 22.1. The fourth-order valence-corrected chi connectivity index (χ4v) is 10.2. The van der Waals surface area contributed by atoms with Crippen LogP contribution in [-0.4, -0.2) is 47.4 Å². The number of unbranched alkanes of at least 4 members (excludes halogenated alkanes) is 49. The number of allylic oxidation sites excluding steroid dienone is 1. The zero-order chi connectivity index (χ0) is 50.7. The Balaban J connectivity index is 3.46. The standard InChI is InChI=1S/C64H125NO5/c1-3-5-7-9-11-13-15-17-19-21-23-24-25-26-27-28-29-30-32-34-36-40-44-48-52-56-62(67)61(60-66)65-63(68)57-53-49-45-41-38-39-43-47-51-55-59-70-64(69)58-54-50-46-42-37-35-33-31-22-20-18-16-14-12-10-8-6-4-2/h52,56,61-62,66-67H,3-51,53-55,57-60H2,1-2H3,(H,65,68)/b56-52+. The van der Waals surface area contributed by atoms with E-state index in [1.54, 1.807) is 6.08 Å². The number of hydrogen-bond acceptors (Lipinski definition) is 5. The topological polar surface area (TPSA) is 95.9 Å². The van der Waals surface area contributed by atoms with Crippen molar-refractivity contribution >= 4 is 11.9 Å². The number of nitrogens with one attached hydrogen (secondary N) is 1. The maximum atomic E-state index is 12.5. The highest BCUT2D eigenvalue weighted by atomic mass is 16.5. The fraction of sp³-hybridized carbons (Fsp3) is 0.938. The molecule has 416 valence electrons. The normalized spacial score (nSPS) is 12.6. The van der Waals surface area contributed by atoms with Crippen LogP contribution < -0.4 is 5.32 Å². The molecule has 6 nitrogen and oxygen atoms in total. The molecule has 1 amide bonds. The summed E-state index contributed by atoms with van der Waals surface area (Å²) in [7, 11) is 0. The first-order valence-corrected chi connectivity index (χ1v) is 32.0. The lowest BCUT2D eigenvalue weighted by Crippen LogP contribution is -2.45. The van der Waals surface area contributed by atoms with Gasteiger partial charge in [-0.1, -0.05) is 328 Å². The van der Waals surface area contributed by atoms with Gasteiger partial charge in [-0.3, -0.25) is 9.59 Å². The van der Waals surface area contributed by atoms with E-state index in [0.717, 1.165) is 57.8 Å². The maximum Gasteiger partial charge on any atom is 0.305 e. The van der Waals surface area contributed by atoms with E-state index in [1.165, 1.54) is 276 Å². The molecule has 2 unspecified atom stereocenters. The average molecular weight is 989 g/mol. The van der Waals surface area contributed by atoms with Crippen LogP contribution in [0.15, 0.2) is 12.2 Å². The second-order valence-corrected chi connectivity index (χ2v) is 22.1. The van der Waals surface area contributed by atoms with Crippen molar-refractivity contribution in [2.24, 2.45) is 0 Å². The molecule has 0 saturated heterocycles. The largest absolute Gasteiger partial charge is 0.466 e. The van der Waals surface area contributed by atoms with Crippen molar-refractivity contribution in [3.8, 4) is 0 Å². The summed E-state index contributed by atoms with van der Waals surface area (Å²) >= 11 is 0. The molecule has 0 aliphatic rings. The van der Waals surface area contributed by atoms with Gasteiger partial charge in [0.05, 0.1) is 25.4 Å². The molecule has 0 aromatic heterocycles. The summed E-state index contributed by atoms with van der Waals surface area (Å²) in [5.74, 6) is -0.101. The van der Waals surface area contributed by atoms with Crippen LogP contribution in [0.5, 0.6) is 0 Å². The third kappa shape index (κ3) is 55.9. The van der Waals surface area contributed by atoms with Gasteiger partial charge in [-0.15, -0.1) is 0 Å². The number of ether oxygens (including phenoxy) is 1. The Bertz CT molecular complexity index is 1050. The highest BCUT2D eigenvalue weighted by molar-refractivity contribution is 5.76. The molecule has 0 aromatic rings. The highest BCUT2D eigenvalue weighted by Gasteiger charge is 2.18. The van der Waals surface area contributed by atoms with E-state index >= 15 is 0 Å². The summed E-state index contributed by atoms with van der Waals surface area (Å²) in [6.45, 7) is 4.89. The van der Waals surface area contributed by atoms with Crippen LogP contribution in [0.25, 0.3) is 0 Å². The molecular weight excluding hydrogens is 863 g/mol. The summed E-state index contributed by atoms with van der Waals surface area (Å²) in [4.78, 5) is 24.6. The Labute approximate surface area is 438 Å². The summed E-state index contributed by atoms with van der Waals surface area (Å²) in [6, 6.07) is -0.645. The first kappa shape index (κ1) is 68.6. The lowest BCUT2D eigenvalue weighted by atomic mass is 10.0. The number of carbonyl (C=O) groups is 2. The van der Waals surface area contributed by atoms with Gasteiger partial charge < -0.3 is 20.3 Å². The number of aliphatic hydroxyl groups excluding tert-OH is 2. The third-order valence-corrected chi connectivity index (χ3v) is 15.1. The number of aliphatic hydroxyl groups is 2. The fourth-order valence-electron chi connectivity index (χ4n) is 10.2. The number of amides is 1. The number of hydrogen-bond donors (Lipinski definition) is 3. The zero-order valence-electron chi connectivity index (χ0n) is 47.5. The maximum absolute atomic E-state index is 12.5. The van der Waals surface area contributed by atoms with Gasteiger partial charge in [0.1, 0.15) is 0 Å². The quantitative estimate of drug-likeness (QED) is 0.0321. The average Bonchev–Trinajstić information content (AvgIpc) is 3.36. The zero-order valence-corrected chi connectivity index (χ0v) is 47.5. The van der Waals surface area contributed by atoms with Gasteiger partial charge in [0, 0.05) is 12.8 Å². The second kappa shape index (κ2) is 60.2. The van der Waals surface area contributed by atoms with Crippen LogP contribution >= 0.6 is 0 Å².